The Balaban J connectivity index is 2.04. The molecule has 0 spiro atoms. The zero-order valence-electron chi connectivity index (χ0n) is 9.92. The normalized spacial score (nSPS) is 20.0. The number of benzene rings is 1. The predicted octanol–water partition coefficient (Wildman–Crippen LogP) is 2.07. The van der Waals surface area contributed by atoms with E-state index in [1.54, 1.807) is 19.1 Å². The lowest BCUT2D eigenvalue weighted by Gasteiger charge is -2.22. The SMILES string of the molecule is Cc1c(F)cccc1NC(=O)[C@@H]1CCCNC1. The summed E-state index contributed by atoms with van der Waals surface area (Å²) in [4.78, 5) is 12.0. The standard InChI is InChI=1S/C13H17FN2O/c1-9-11(14)5-2-6-12(9)16-13(17)10-4-3-7-15-8-10/h2,5-6,10,15H,3-4,7-8H2,1H3,(H,16,17)/t10-/m1/s1. The molecule has 1 saturated heterocycles. The van der Waals surface area contributed by atoms with Gasteiger partial charge in [0.1, 0.15) is 5.82 Å². The highest BCUT2D eigenvalue weighted by atomic mass is 19.1. The number of hydrogen-bond acceptors (Lipinski definition) is 2. The van der Waals surface area contributed by atoms with Crippen LogP contribution in [0.5, 0.6) is 0 Å². The van der Waals surface area contributed by atoms with Crippen molar-refractivity contribution in [3.05, 3.63) is 29.6 Å². The Kier molecular flexibility index (Phi) is 3.74. The third kappa shape index (κ3) is 2.82. The maximum absolute atomic E-state index is 13.3. The van der Waals surface area contributed by atoms with E-state index in [4.69, 9.17) is 0 Å². The maximum Gasteiger partial charge on any atom is 0.228 e. The molecule has 1 amide bonds. The molecule has 0 unspecified atom stereocenters. The molecule has 1 atom stereocenters. The molecule has 0 aliphatic carbocycles. The monoisotopic (exact) mass is 236 g/mol. The van der Waals surface area contributed by atoms with E-state index in [1.165, 1.54) is 6.07 Å². The van der Waals surface area contributed by atoms with E-state index >= 15 is 0 Å². The van der Waals surface area contributed by atoms with E-state index < -0.39 is 0 Å². The first-order valence-electron chi connectivity index (χ1n) is 5.95. The third-order valence-electron chi connectivity index (χ3n) is 3.19. The number of amides is 1. The van der Waals surface area contributed by atoms with E-state index in [9.17, 15) is 9.18 Å². The summed E-state index contributed by atoms with van der Waals surface area (Å²) in [7, 11) is 0. The van der Waals surface area contributed by atoms with Crippen molar-refractivity contribution in [2.45, 2.75) is 19.8 Å². The number of piperidine rings is 1. The number of halogens is 1. The lowest BCUT2D eigenvalue weighted by atomic mass is 9.98. The van der Waals surface area contributed by atoms with Gasteiger partial charge in [-0.25, -0.2) is 4.39 Å². The second kappa shape index (κ2) is 5.27. The smallest absolute Gasteiger partial charge is 0.228 e. The largest absolute Gasteiger partial charge is 0.325 e. The quantitative estimate of drug-likeness (QED) is 0.825. The van der Waals surface area contributed by atoms with Gasteiger partial charge in [-0.2, -0.15) is 0 Å². The zero-order valence-corrected chi connectivity index (χ0v) is 9.92. The Bertz CT molecular complexity index is 414. The van der Waals surface area contributed by atoms with Crippen molar-refractivity contribution in [1.29, 1.82) is 0 Å². The first-order valence-corrected chi connectivity index (χ1v) is 5.95. The van der Waals surface area contributed by atoms with Crippen LogP contribution in [-0.4, -0.2) is 19.0 Å². The molecule has 0 radical (unpaired) electrons. The van der Waals surface area contributed by atoms with Gasteiger partial charge in [0, 0.05) is 17.8 Å². The second-order valence-electron chi connectivity index (χ2n) is 4.44. The highest BCUT2D eigenvalue weighted by molar-refractivity contribution is 5.93. The number of anilines is 1. The second-order valence-corrected chi connectivity index (χ2v) is 4.44. The topological polar surface area (TPSA) is 41.1 Å². The van der Waals surface area contributed by atoms with Crippen molar-refractivity contribution in [2.24, 2.45) is 5.92 Å². The van der Waals surface area contributed by atoms with E-state index in [1.807, 2.05) is 0 Å². The lowest BCUT2D eigenvalue weighted by Crippen LogP contribution is -2.37. The van der Waals surface area contributed by atoms with E-state index in [0.29, 0.717) is 17.8 Å². The third-order valence-corrected chi connectivity index (χ3v) is 3.19. The predicted molar refractivity (Wildman–Crippen MR) is 65.4 cm³/mol. The van der Waals surface area contributed by atoms with Crippen LogP contribution in [0.15, 0.2) is 18.2 Å². The maximum atomic E-state index is 13.3. The molecule has 92 valence electrons. The van der Waals surface area contributed by atoms with Gasteiger partial charge in [0.2, 0.25) is 5.91 Å². The number of hydrogen-bond donors (Lipinski definition) is 2. The number of nitrogens with one attached hydrogen (secondary N) is 2. The molecule has 2 rings (SSSR count). The summed E-state index contributed by atoms with van der Waals surface area (Å²) in [6.45, 7) is 3.35. The summed E-state index contributed by atoms with van der Waals surface area (Å²) >= 11 is 0. The Hall–Kier alpha value is -1.42. The van der Waals surface area contributed by atoms with Crippen LogP contribution < -0.4 is 10.6 Å². The van der Waals surface area contributed by atoms with E-state index in [-0.39, 0.29) is 17.6 Å². The minimum Gasteiger partial charge on any atom is -0.325 e. The molecule has 17 heavy (non-hydrogen) atoms. The van der Waals surface area contributed by atoms with Gasteiger partial charge in [-0.3, -0.25) is 4.79 Å². The van der Waals surface area contributed by atoms with Crippen molar-refractivity contribution in [3.63, 3.8) is 0 Å². The van der Waals surface area contributed by atoms with Crippen LogP contribution in [0.3, 0.4) is 0 Å². The Labute approximate surface area is 100 Å². The molecule has 3 nitrogen and oxygen atoms in total. The summed E-state index contributed by atoms with van der Waals surface area (Å²) in [5.41, 5.74) is 1.06. The first kappa shape index (κ1) is 12.0. The molecule has 4 heteroatoms. The van der Waals surface area contributed by atoms with Gasteiger partial charge < -0.3 is 10.6 Å². The van der Waals surface area contributed by atoms with Crippen LogP contribution >= 0.6 is 0 Å². The first-order chi connectivity index (χ1) is 8.18. The van der Waals surface area contributed by atoms with Crippen LogP contribution in [0.1, 0.15) is 18.4 Å². The fraction of sp³-hybridized carbons (Fsp3) is 0.462. The van der Waals surface area contributed by atoms with E-state index in [2.05, 4.69) is 10.6 Å². The van der Waals surface area contributed by atoms with E-state index in [0.717, 1.165) is 19.4 Å². The molecule has 1 fully saturated rings. The van der Waals surface area contributed by atoms with Gasteiger partial charge in [-0.15, -0.1) is 0 Å². The number of carbonyl (C=O) groups excluding carboxylic acids is 1. The van der Waals surface area contributed by atoms with Crippen LogP contribution in [-0.2, 0) is 4.79 Å². The van der Waals surface area contributed by atoms with Gasteiger partial charge in [0.15, 0.2) is 0 Å². The fourth-order valence-corrected chi connectivity index (χ4v) is 2.05. The molecule has 1 aromatic carbocycles. The van der Waals surface area contributed by atoms with Crippen LogP contribution in [0, 0.1) is 18.7 Å². The molecule has 2 N–H and O–H groups in total. The molecule has 1 heterocycles. The zero-order chi connectivity index (χ0) is 12.3. The molecular weight excluding hydrogens is 219 g/mol. The lowest BCUT2D eigenvalue weighted by molar-refractivity contribution is -0.120. The number of rotatable bonds is 2. The van der Waals surface area contributed by atoms with Crippen LogP contribution in [0.25, 0.3) is 0 Å². The highest BCUT2D eigenvalue weighted by Crippen LogP contribution is 2.19. The van der Waals surface area contributed by atoms with Gasteiger partial charge in [0.05, 0.1) is 5.92 Å². The van der Waals surface area contributed by atoms with Crippen molar-refractivity contribution >= 4 is 11.6 Å². The Morgan fingerprint density at radius 1 is 1.53 bits per heavy atom. The van der Waals surface area contributed by atoms with Crippen LogP contribution in [0.2, 0.25) is 0 Å². The minimum atomic E-state index is -0.287. The van der Waals surface area contributed by atoms with Gasteiger partial charge in [-0.05, 0) is 38.4 Å². The van der Waals surface area contributed by atoms with Gasteiger partial charge in [-0.1, -0.05) is 6.07 Å². The summed E-state index contributed by atoms with van der Waals surface area (Å²) in [6.07, 6.45) is 1.91. The Morgan fingerprint density at radius 2 is 2.35 bits per heavy atom. The molecule has 1 aromatic rings. The summed E-state index contributed by atoms with van der Waals surface area (Å²) in [5, 5.41) is 5.99. The highest BCUT2D eigenvalue weighted by Gasteiger charge is 2.21. The number of carbonyl (C=O) groups is 1. The van der Waals surface area contributed by atoms with Crippen molar-refractivity contribution in [3.8, 4) is 0 Å². The molecular formula is C13H17FN2O. The van der Waals surface area contributed by atoms with Gasteiger partial charge >= 0.3 is 0 Å². The van der Waals surface area contributed by atoms with Crippen molar-refractivity contribution in [2.75, 3.05) is 18.4 Å². The Morgan fingerprint density at radius 3 is 3.06 bits per heavy atom. The molecule has 1 aliphatic rings. The van der Waals surface area contributed by atoms with Crippen LogP contribution in [0.4, 0.5) is 10.1 Å². The van der Waals surface area contributed by atoms with Crippen molar-refractivity contribution in [1.82, 2.24) is 5.32 Å². The fourth-order valence-electron chi connectivity index (χ4n) is 2.05. The molecule has 0 saturated carbocycles. The summed E-state index contributed by atoms with van der Waals surface area (Å²) in [6, 6.07) is 4.73. The summed E-state index contributed by atoms with van der Waals surface area (Å²) < 4.78 is 13.3. The molecule has 1 aliphatic heterocycles. The van der Waals surface area contributed by atoms with Crippen molar-refractivity contribution < 1.29 is 9.18 Å². The van der Waals surface area contributed by atoms with Gasteiger partial charge in [0.25, 0.3) is 0 Å². The average molecular weight is 236 g/mol. The molecule has 0 bridgehead atoms. The average Bonchev–Trinajstić information content (AvgIpc) is 2.36. The molecule has 0 aromatic heterocycles. The summed E-state index contributed by atoms with van der Waals surface area (Å²) in [5.74, 6) is -0.318. The minimum absolute atomic E-state index is 0.00795.